The van der Waals surface area contributed by atoms with E-state index in [-0.39, 0.29) is 25.1 Å². The van der Waals surface area contributed by atoms with Gasteiger partial charge in [-0.05, 0) is 42.0 Å². The first kappa shape index (κ1) is 22.7. The highest BCUT2D eigenvalue weighted by Crippen LogP contribution is 2.28. The zero-order chi connectivity index (χ0) is 21.9. The Morgan fingerprint density at radius 1 is 0.903 bits per heavy atom. The molecule has 0 atom stereocenters. The van der Waals surface area contributed by atoms with E-state index >= 15 is 0 Å². The molecule has 0 bridgehead atoms. The van der Waals surface area contributed by atoms with Gasteiger partial charge in [-0.1, -0.05) is 84.9 Å². The maximum atomic E-state index is 12.8. The maximum Gasteiger partial charge on any atom is 0.234 e. The van der Waals surface area contributed by atoms with Crippen molar-refractivity contribution < 1.29 is 9.90 Å². The van der Waals surface area contributed by atoms with E-state index in [4.69, 9.17) is 0 Å². The van der Waals surface area contributed by atoms with Gasteiger partial charge in [-0.2, -0.15) is 0 Å². The number of aryl methyl sites for hydroxylation is 1. The normalized spacial score (nSPS) is 11.1. The average Bonchev–Trinajstić information content (AvgIpc) is 2.80. The number of nitrogens with one attached hydrogen (secondary N) is 1. The third-order valence-electron chi connectivity index (χ3n) is 5.52. The molecule has 4 heteroatoms. The highest BCUT2D eigenvalue weighted by Gasteiger charge is 2.24. The van der Waals surface area contributed by atoms with Gasteiger partial charge < -0.3 is 10.4 Å². The lowest BCUT2D eigenvalue weighted by Gasteiger charge is -2.32. The van der Waals surface area contributed by atoms with Crippen LogP contribution in [0.5, 0.6) is 0 Å². The predicted octanol–water partition coefficient (Wildman–Crippen LogP) is 4.13. The molecule has 0 aliphatic carbocycles. The summed E-state index contributed by atoms with van der Waals surface area (Å²) in [6.45, 7) is 3.72. The van der Waals surface area contributed by atoms with Crippen LogP contribution in [-0.4, -0.2) is 42.2 Å². The molecule has 0 saturated heterocycles. The van der Waals surface area contributed by atoms with Gasteiger partial charge in [-0.25, -0.2) is 0 Å². The standard InChI is InChI=1S/C27H32N2O2/c1-22-11-8-9-12-23(22)17-18-28-26(31)21-29(19-10-20-30)27(24-13-4-2-5-14-24)25-15-6-3-7-16-25/h2-9,11-16,27,30H,10,17-21H2,1H3,(H,28,31). The monoisotopic (exact) mass is 416 g/mol. The van der Waals surface area contributed by atoms with Crippen LogP contribution in [0.4, 0.5) is 0 Å². The number of nitrogens with zero attached hydrogens (tertiary/aromatic N) is 1. The van der Waals surface area contributed by atoms with Crippen LogP contribution in [0.15, 0.2) is 84.9 Å². The molecule has 3 aromatic carbocycles. The SMILES string of the molecule is Cc1ccccc1CCNC(=O)CN(CCCO)C(c1ccccc1)c1ccccc1. The van der Waals surface area contributed by atoms with Gasteiger partial charge in [0.15, 0.2) is 0 Å². The van der Waals surface area contributed by atoms with E-state index in [1.807, 2.05) is 48.5 Å². The van der Waals surface area contributed by atoms with Crippen LogP contribution in [0.1, 0.15) is 34.7 Å². The summed E-state index contributed by atoms with van der Waals surface area (Å²) in [5.74, 6) is 0.00314. The average molecular weight is 417 g/mol. The van der Waals surface area contributed by atoms with E-state index < -0.39 is 0 Å². The van der Waals surface area contributed by atoms with Gasteiger partial charge in [0, 0.05) is 19.7 Å². The molecule has 2 N–H and O–H groups in total. The molecule has 0 spiro atoms. The quantitative estimate of drug-likeness (QED) is 0.494. The summed E-state index contributed by atoms with van der Waals surface area (Å²) in [5, 5.41) is 12.5. The van der Waals surface area contributed by atoms with Crippen LogP contribution < -0.4 is 5.32 Å². The van der Waals surface area contributed by atoms with Crippen molar-refractivity contribution in [3.05, 3.63) is 107 Å². The Morgan fingerprint density at radius 3 is 2.06 bits per heavy atom. The molecule has 162 valence electrons. The molecule has 0 aliphatic heterocycles. The van der Waals surface area contributed by atoms with Crippen LogP contribution in [0, 0.1) is 6.92 Å². The van der Waals surface area contributed by atoms with Gasteiger partial charge in [0.25, 0.3) is 0 Å². The second-order valence-electron chi connectivity index (χ2n) is 7.80. The van der Waals surface area contributed by atoms with Crippen molar-refractivity contribution in [1.82, 2.24) is 10.2 Å². The summed E-state index contributed by atoms with van der Waals surface area (Å²) >= 11 is 0. The van der Waals surface area contributed by atoms with Gasteiger partial charge in [0.2, 0.25) is 5.91 Å². The first-order valence-electron chi connectivity index (χ1n) is 10.9. The minimum absolute atomic E-state index is 0.00314. The molecule has 0 aromatic heterocycles. The summed E-state index contributed by atoms with van der Waals surface area (Å²) in [6.07, 6.45) is 1.43. The second-order valence-corrected chi connectivity index (χ2v) is 7.80. The van der Waals surface area contributed by atoms with Crippen LogP contribution in [0.25, 0.3) is 0 Å². The van der Waals surface area contributed by atoms with Gasteiger partial charge in [-0.15, -0.1) is 0 Å². The summed E-state index contributed by atoms with van der Waals surface area (Å²) in [5.41, 5.74) is 4.78. The zero-order valence-corrected chi connectivity index (χ0v) is 18.2. The first-order valence-corrected chi connectivity index (χ1v) is 10.9. The number of hydrogen-bond acceptors (Lipinski definition) is 3. The van der Waals surface area contributed by atoms with Crippen molar-refractivity contribution in [2.75, 3.05) is 26.2 Å². The maximum absolute atomic E-state index is 12.8. The number of aliphatic hydroxyl groups excluding tert-OH is 1. The lowest BCUT2D eigenvalue weighted by molar-refractivity contribution is -0.122. The molecular formula is C27H32N2O2. The van der Waals surface area contributed by atoms with E-state index in [0.717, 1.165) is 17.5 Å². The summed E-state index contributed by atoms with van der Waals surface area (Å²) < 4.78 is 0. The molecule has 0 heterocycles. The van der Waals surface area contributed by atoms with Crippen molar-refractivity contribution in [1.29, 1.82) is 0 Å². The van der Waals surface area contributed by atoms with Crippen molar-refractivity contribution in [2.45, 2.75) is 25.8 Å². The summed E-state index contributed by atoms with van der Waals surface area (Å²) in [4.78, 5) is 15.0. The molecular weight excluding hydrogens is 384 g/mol. The Hall–Kier alpha value is -2.95. The van der Waals surface area contributed by atoms with Crippen LogP contribution in [0.2, 0.25) is 0 Å². The number of amides is 1. The van der Waals surface area contributed by atoms with Crippen molar-refractivity contribution in [3.8, 4) is 0 Å². The number of hydrogen-bond donors (Lipinski definition) is 2. The zero-order valence-electron chi connectivity index (χ0n) is 18.2. The number of carbonyl (C=O) groups excluding carboxylic acids is 1. The second kappa shape index (κ2) is 12.0. The van der Waals surface area contributed by atoms with E-state index in [0.29, 0.717) is 19.5 Å². The highest BCUT2D eigenvalue weighted by molar-refractivity contribution is 5.78. The third-order valence-corrected chi connectivity index (χ3v) is 5.52. The molecule has 3 aromatic rings. The number of benzene rings is 3. The number of aliphatic hydroxyl groups is 1. The lowest BCUT2D eigenvalue weighted by Crippen LogP contribution is -2.41. The molecule has 4 nitrogen and oxygen atoms in total. The minimum Gasteiger partial charge on any atom is -0.396 e. The van der Waals surface area contributed by atoms with Crippen LogP contribution in [0.3, 0.4) is 0 Å². The van der Waals surface area contributed by atoms with Gasteiger partial charge in [0.1, 0.15) is 0 Å². The minimum atomic E-state index is -0.0453. The Kier molecular flexibility index (Phi) is 8.83. The van der Waals surface area contributed by atoms with E-state index in [2.05, 4.69) is 53.5 Å². The Labute approximate surface area is 185 Å². The van der Waals surface area contributed by atoms with E-state index in [1.165, 1.54) is 11.1 Å². The fraction of sp³-hybridized carbons (Fsp3) is 0.296. The Bertz CT molecular complexity index is 889. The molecule has 0 saturated carbocycles. The summed E-state index contributed by atoms with van der Waals surface area (Å²) in [6, 6.07) is 28.7. The predicted molar refractivity (Wildman–Crippen MR) is 126 cm³/mol. The van der Waals surface area contributed by atoms with E-state index in [1.54, 1.807) is 0 Å². The Morgan fingerprint density at radius 2 is 1.48 bits per heavy atom. The topological polar surface area (TPSA) is 52.6 Å². The molecule has 0 fully saturated rings. The fourth-order valence-electron chi connectivity index (χ4n) is 3.93. The molecule has 0 unspecified atom stereocenters. The van der Waals surface area contributed by atoms with E-state index in [9.17, 15) is 9.90 Å². The van der Waals surface area contributed by atoms with Gasteiger partial charge in [-0.3, -0.25) is 9.69 Å². The van der Waals surface area contributed by atoms with Crippen molar-refractivity contribution in [2.24, 2.45) is 0 Å². The first-order chi connectivity index (χ1) is 15.2. The number of rotatable bonds is 11. The molecule has 31 heavy (non-hydrogen) atoms. The molecule has 3 rings (SSSR count). The molecule has 1 amide bonds. The fourth-order valence-corrected chi connectivity index (χ4v) is 3.93. The smallest absolute Gasteiger partial charge is 0.234 e. The molecule has 0 radical (unpaired) electrons. The van der Waals surface area contributed by atoms with Crippen LogP contribution in [-0.2, 0) is 11.2 Å². The van der Waals surface area contributed by atoms with Gasteiger partial charge in [0.05, 0.1) is 12.6 Å². The van der Waals surface area contributed by atoms with Gasteiger partial charge >= 0.3 is 0 Å². The van der Waals surface area contributed by atoms with Crippen molar-refractivity contribution >= 4 is 5.91 Å². The summed E-state index contributed by atoms with van der Waals surface area (Å²) in [7, 11) is 0. The van der Waals surface area contributed by atoms with Crippen LogP contribution >= 0.6 is 0 Å². The highest BCUT2D eigenvalue weighted by atomic mass is 16.3. The number of carbonyl (C=O) groups is 1. The molecule has 0 aliphatic rings. The van der Waals surface area contributed by atoms with Crippen molar-refractivity contribution in [3.63, 3.8) is 0 Å². The third kappa shape index (κ3) is 6.78. The lowest BCUT2D eigenvalue weighted by atomic mass is 9.96. The largest absolute Gasteiger partial charge is 0.396 e. The Balaban J connectivity index is 1.72.